The maximum absolute atomic E-state index is 13.2. The highest BCUT2D eigenvalue weighted by molar-refractivity contribution is 5.79. The van der Waals surface area contributed by atoms with E-state index in [4.69, 9.17) is 4.74 Å². The molecule has 0 bridgehead atoms. The molecule has 0 aliphatic carbocycles. The molecule has 2 aromatic rings. The van der Waals surface area contributed by atoms with Crippen molar-refractivity contribution >= 4 is 5.91 Å². The smallest absolute Gasteiger partial charge is 0.224 e. The number of halogens is 1. The third-order valence-corrected chi connectivity index (χ3v) is 5.14. The number of carbonyl (C=O) groups excluding carboxylic acids is 1. The van der Waals surface area contributed by atoms with Gasteiger partial charge in [0.1, 0.15) is 5.82 Å². The minimum atomic E-state index is -0.229. The average Bonchev–Trinajstić information content (AvgIpc) is 2.70. The summed E-state index contributed by atoms with van der Waals surface area (Å²) in [5, 5.41) is 2.96. The highest BCUT2D eigenvalue weighted by Crippen LogP contribution is 2.34. The van der Waals surface area contributed by atoms with Gasteiger partial charge in [-0.05, 0) is 36.1 Å². The van der Waals surface area contributed by atoms with E-state index < -0.39 is 0 Å². The van der Waals surface area contributed by atoms with Gasteiger partial charge in [0.25, 0.3) is 0 Å². The number of ether oxygens (including phenoxy) is 1. The second-order valence-corrected chi connectivity index (χ2v) is 7.04. The van der Waals surface area contributed by atoms with E-state index in [-0.39, 0.29) is 23.7 Å². The maximum atomic E-state index is 13.2. The van der Waals surface area contributed by atoms with Gasteiger partial charge >= 0.3 is 0 Å². The van der Waals surface area contributed by atoms with Crippen molar-refractivity contribution in [1.82, 2.24) is 10.2 Å². The summed E-state index contributed by atoms with van der Waals surface area (Å²) in [4.78, 5) is 14.9. The fourth-order valence-electron chi connectivity index (χ4n) is 3.73. The minimum absolute atomic E-state index is 0.0396. The summed E-state index contributed by atoms with van der Waals surface area (Å²) in [6, 6.07) is 17.3. The maximum Gasteiger partial charge on any atom is 0.224 e. The van der Waals surface area contributed by atoms with Gasteiger partial charge in [0.2, 0.25) is 5.91 Å². The predicted octanol–water partition coefficient (Wildman–Crippen LogP) is 3.54. The van der Waals surface area contributed by atoms with E-state index in [1.54, 1.807) is 7.11 Å². The van der Waals surface area contributed by atoms with Gasteiger partial charge in [-0.25, -0.2) is 4.39 Å². The van der Waals surface area contributed by atoms with Crippen molar-refractivity contribution in [1.29, 1.82) is 0 Å². The van der Waals surface area contributed by atoms with Crippen molar-refractivity contribution in [2.45, 2.75) is 25.4 Å². The van der Waals surface area contributed by atoms with Crippen LogP contribution in [0.4, 0.5) is 4.39 Å². The number of carbonyl (C=O) groups is 1. The fourth-order valence-corrected chi connectivity index (χ4v) is 3.73. The van der Waals surface area contributed by atoms with E-state index in [1.807, 2.05) is 18.2 Å². The molecule has 0 aromatic heterocycles. The molecule has 0 saturated carbocycles. The van der Waals surface area contributed by atoms with Gasteiger partial charge in [-0.3, -0.25) is 9.69 Å². The van der Waals surface area contributed by atoms with Crippen LogP contribution in [0.15, 0.2) is 54.6 Å². The third kappa shape index (κ3) is 5.37. The zero-order valence-electron chi connectivity index (χ0n) is 15.7. The van der Waals surface area contributed by atoms with Gasteiger partial charge in [-0.15, -0.1) is 0 Å². The summed E-state index contributed by atoms with van der Waals surface area (Å²) in [7, 11) is 1.63. The van der Waals surface area contributed by atoms with E-state index in [1.165, 1.54) is 17.7 Å². The molecule has 1 saturated heterocycles. The molecule has 5 heteroatoms. The van der Waals surface area contributed by atoms with Crippen LogP contribution in [0.3, 0.4) is 0 Å². The molecule has 2 aromatic carbocycles. The van der Waals surface area contributed by atoms with Crippen molar-refractivity contribution < 1.29 is 13.9 Å². The number of piperidine rings is 1. The Morgan fingerprint density at radius 3 is 2.59 bits per heavy atom. The van der Waals surface area contributed by atoms with Gasteiger partial charge in [0, 0.05) is 32.8 Å². The standard InChI is InChI=1S/C22H27FN2O2/c1-27-14-13-24-22(26)19-9-12-21(18-5-3-2-4-6-18)25(16-19)15-17-7-10-20(23)11-8-17/h2-8,10-11,19,21H,9,12-16H2,1H3,(H,24,26). The average molecular weight is 370 g/mol. The molecular formula is C22H27FN2O2. The minimum Gasteiger partial charge on any atom is -0.383 e. The lowest BCUT2D eigenvalue weighted by molar-refractivity contribution is -0.127. The number of benzene rings is 2. The number of methoxy groups -OCH3 is 1. The molecular weight excluding hydrogens is 343 g/mol. The zero-order valence-corrected chi connectivity index (χ0v) is 15.7. The second kappa shape index (κ2) is 9.62. The van der Waals surface area contributed by atoms with Gasteiger partial charge in [0.15, 0.2) is 0 Å². The Morgan fingerprint density at radius 2 is 1.89 bits per heavy atom. The number of hydrogen-bond acceptors (Lipinski definition) is 3. The van der Waals surface area contributed by atoms with Gasteiger partial charge < -0.3 is 10.1 Å². The van der Waals surface area contributed by atoms with Crippen LogP contribution in [-0.2, 0) is 16.1 Å². The summed E-state index contributed by atoms with van der Waals surface area (Å²) in [5.41, 5.74) is 2.32. The van der Waals surface area contributed by atoms with E-state index in [9.17, 15) is 9.18 Å². The number of amides is 1. The molecule has 1 N–H and O–H groups in total. The molecule has 1 aliphatic rings. The Balaban J connectivity index is 1.73. The van der Waals surface area contributed by atoms with E-state index in [2.05, 4.69) is 34.5 Å². The third-order valence-electron chi connectivity index (χ3n) is 5.14. The Bertz CT molecular complexity index is 721. The lowest BCUT2D eigenvalue weighted by Gasteiger charge is -2.39. The van der Waals surface area contributed by atoms with Crippen LogP contribution in [0.1, 0.15) is 30.0 Å². The Labute approximate surface area is 160 Å². The first-order chi connectivity index (χ1) is 13.2. The Morgan fingerprint density at radius 1 is 1.15 bits per heavy atom. The van der Waals surface area contributed by atoms with Crippen molar-refractivity contribution in [3.8, 4) is 0 Å². The summed E-state index contributed by atoms with van der Waals surface area (Å²) >= 11 is 0. The number of rotatable bonds is 7. The molecule has 0 spiro atoms. The molecule has 1 fully saturated rings. The molecule has 27 heavy (non-hydrogen) atoms. The highest BCUT2D eigenvalue weighted by atomic mass is 19.1. The van der Waals surface area contributed by atoms with Crippen LogP contribution in [0.5, 0.6) is 0 Å². The highest BCUT2D eigenvalue weighted by Gasteiger charge is 2.32. The first-order valence-corrected chi connectivity index (χ1v) is 9.47. The fraction of sp³-hybridized carbons (Fsp3) is 0.409. The lowest BCUT2D eigenvalue weighted by Crippen LogP contribution is -2.44. The summed E-state index contributed by atoms with van der Waals surface area (Å²) < 4.78 is 18.3. The first kappa shape index (κ1) is 19.5. The quantitative estimate of drug-likeness (QED) is 0.758. The van der Waals surface area contributed by atoms with Crippen LogP contribution < -0.4 is 5.32 Å². The SMILES string of the molecule is COCCNC(=O)C1CCC(c2ccccc2)N(Cc2ccc(F)cc2)C1. The molecule has 1 heterocycles. The topological polar surface area (TPSA) is 41.6 Å². The number of hydrogen-bond donors (Lipinski definition) is 1. The molecule has 0 radical (unpaired) electrons. The van der Waals surface area contributed by atoms with Crippen molar-refractivity contribution in [2.24, 2.45) is 5.92 Å². The van der Waals surface area contributed by atoms with E-state index >= 15 is 0 Å². The summed E-state index contributed by atoms with van der Waals surface area (Å²) in [6.07, 6.45) is 1.78. The predicted molar refractivity (Wildman–Crippen MR) is 104 cm³/mol. The van der Waals surface area contributed by atoms with Crippen LogP contribution in [0.2, 0.25) is 0 Å². The zero-order chi connectivity index (χ0) is 19.1. The van der Waals surface area contributed by atoms with Crippen molar-refractivity contribution in [3.05, 3.63) is 71.5 Å². The molecule has 3 rings (SSSR count). The van der Waals surface area contributed by atoms with Crippen LogP contribution in [0, 0.1) is 11.7 Å². The van der Waals surface area contributed by atoms with Crippen LogP contribution in [0.25, 0.3) is 0 Å². The van der Waals surface area contributed by atoms with Gasteiger partial charge in [-0.1, -0.05) is 42.5 Å². The summed E-state index contributed by atoms with van der Waals surface area (Å²) in [5.74, 6) is -0.183. The number of nitrogens with zero attached hydrogens (tertiary/aromatic N) is 1. The summed E-state index contributed by atoms with van der Waals surface area (Å²) in [6.45, 7) is 2.44. The molecule has 1 aliphatic heterocycles. The van der Waals surface area contributed by atoms with Crippen LogP contribution >= 0.6 is 0 Å². The number of likely N-dealkylation sites (tertiary alicyclic amines) is 1. The normalized spacial score (nSPS) is 20.4. The molecule has 144 valence electrons. The molecule has 2 unspecified atom stereocenters. The van der Waals surface area contributed by atoms with Gasteiger partial charge in [-0.2, -0.15) is 0 Å². The second-order valence-electron chi connectivity index (χ2n) is 7.04. The molecule has 2 atom stereocenters. The largest absolute Gasteiger partial charge is 0.383 e. The van der Waals surface area contributed by atoms with Gasteiger partial charge in [0.05, 0.1) is 12.5 Å². The molecule has 1 amide bonds. The van der Waals surface area contributed by atoms with Crippen molar-refractivity contribution in [2.75, 3.05) is 26.8 Å². The Hall–Kier alpha value is -2.24. The lowest BCUT2D eigenvalue weighted by atomic mass is 9.88. The Kier molecular flexibility index (Phi) is 6.96. The number of nitrogens with one attached hydrogen (secondary N) is 1. The monoisotopic (exact) mass is 370 g/mol. The van der Waals surface area contributed by atoms with Crippen molar-refractivity contribution in [3.63, 3.8) is 0 Å². The molecule has 4 nitrogen and oxygen atoms in total. The van der Waals surface area contributed by atoms with Crippen LogP contribution in [-0.4, -0.2) is 37.6 Å². The first-order valence-electron chi connectivity index (χ1n) is 9.47. The van der Waals surface area contributed by atoms with E-state index in [0.29, 0.717) is 26.2 Å². The van der Waals surface area contributed by atoms with E-state index in [0.717, 1.165) is 18.4 Å².